The number of nitrogens with zero attached hydrogens (tertiary/aromatic N) is 3. The summed E-state index contributed by atoms with van der Waals surface area (Å²) in [6.07, 6.45) is 0. The molecule has 2 heterocycles. The summed E-state index contributed by atoms with van der Waals surface area (Å²) in [7, 11) is -3.97. The number of hydrogen-bond acceptors (Lipinski definition) is 6. The molecule has 8 nitrogen and oxygen atoms in total. The van der Waals surface area contributed by atoms with Crippen molar-refractivity contribution in [3.8, 4) is 5.75 Å². The standard InChI is InChI=1S/C30H30FN3O5S/c1-20-28(24-18-21(31)14-15-25(24)33(20)19-27(35)39-30(2,3)4)29-23-12-8-9-13-26(23)40(36,37)34(32-29)16-17-38-22-10-6-5-7-11-22/h5-15,18H,16-17,19H2,1-4H3. The van der Waals surface area contributed by atoms with E-state index in [0.717, 1.165) is 4.41 Å². The van der Waals surface area contributed by atoms with Gasteiger partial charge in [0.15, 0.2) is 0 Å². The summed E-state index contributed by atoms with van der Waals surface area (Å²) >= 11 is 0. The fraction of sp³-hybridized carbons (Fsp3) is 0.267. The molecular formula is C30H30FN3O5S. The van der Waals surface area contributed by atoms with Crippen LogP contribution in [0.25, 0.3) is 10.9 Å². The first-order valence-corrected chi connectivity index (χ1v) is 14.3. The molecule has 1 aliphatic heterocycles. The Balaban J connectivity index is 1.62. The molecule has 0 spiro atoms. The highest BCUT2D eigenvalue weighted by atomic mass is 32.2. The van der Waals surface area contributed by atoms with Crippen molar-refractivity contribution in [3.63, 3.8) is 0 Å². The second-order valence-electron chi connectivity index (χ2n) is 10.5. The molecule has 208 valence electrons. The van der Waals surface area contributed by atoms with Gasteiger partial charge in [0.1, 0.15) is 36.0 Å². The molecule has 3 aromatic carbocycles. The molecule has 0 radical (unpaired) electrons. The van der Waals surface area contributed by atoms with Crippen molar-refractivity contribution in [1.29, 1.82) is 0 Å². The van der Waals surface area contributed by atoms with Gasteiger partial charge < -0.3 is 14.0 Å². The maximum absolute atomic E-state index is 14.6. The normalized spacial score (nSPS) is 14.5. The van der Waals surface area contributed by atoms with E-state index < -0.39 is 27.4 Å². The number of benzene rings is 3. The zero-order valence-corrected chi connectivity index (χ0v) is 23.5. The Morgan fingerprint density at radius 3 is 2.42 bits per heavy atom. The van der Waals surface area contributed by atoms with E-state index in [1.165, 1.54) is 18.2 Å². The first-order chi connectivity index (χ1) is 19.0. The van der Waals surface area contributed by atoms with Crippen molar-refractivity contribution in [1.82, 2.24) is 8.98 Å². The minimum absolute atomic E-state index is 0.0426. The number of fused-ring (bicyclic) bond motifs is 2. The van der Waals surface area contributed by atoms with Crippen molar-refractivity contribution in [2.24, 2.45) is 5.10 Å². The molecule has 10 heteroatoms. The van der Waals surface area contributed by atoms with Gasteiger partial charge in [-0.25, -0.2) is 4.39 Å². The molecule has 0 amide bonds. The Hall–Kier alpha value is -4.18. The lowest BCUT2D eigenvalue weighted by molar-refractivity contribution is -0.155. The van der Waals surface area contributed by atoms with Gasteiger partial charge in [-0.1, -0.05) is 36.4 Å². The van der Waals surface area contributed by atoms with Gasteiger partial charge in [0.2, 0.25) is 0 Å². The zero-order valence-electron chi connectivity index (χ0n) is 22.7. The van der Waals surface area contributed by atoms with Crippen molar-refractivity contribution >= 4 is 32.6 Å². The molecule has 0 aliphatic carbocycles. The molecule has 1 aliphatic rings. The lowest BCUT2D eigenvalue weighted by atomic mass is 9.99. The highest BCUT2D eigenvalue weighted by Gasteiger charge is 2.35. The van der Waals surface area contributed by atoms with Crippen LogP contribution in [0.5, 0.6) is 5.75 Å². The van der Waals surface area contributed by atoms with E-state index in [1.807, 2.05) is 18.2 Å². The Kier molecular flexibility index (Phi) is 7.14. The van der Waals surface area contributed by atoms with Gasteiger partial charge in [0, 0.05) is 27.7 Å². The molecule has 0 saturated carbocycles. The van der Waals surface area contributed by atoms with E-state index in [1.54, 1.807) is 68.7 Å². The Labute approximate surface area is 232 Å². The van der Waals surface area contributed by atoms with Crippen molar-refractivity contribution < 1.29 is 27.1 Å². The van der Waals surface area contributed by atoms with Crippen molar-refractivity contribution in [2.45, 2.75) is 44.7 Å². The summed E-state index contributed by atoms with van der Waals surface area (Å²) in [5.41, 5.74) is 1.85. The smallest absolute Gasteiger partial charge is 0.326 e. The second-order valence-corrected chi connectivity index (χ2v) is 12.3. The van der Waals surface area contributed by atoms with Crippen LogP contribution in [0.3, 0.4) is 0 Å². The van der Waals surface area contributed by atoms with E-state index in [0.29, 0.717) is 39.2 Å². The molecule has 1 aromatic heterocycles. The number of hydrazone groups is 1. The molecule has 0 saturated heterocycles. The van der Waals surface area contributed by atoms with Crippen LogP contribution in [0.4, 0.5) is 4.39 Å². The van der Waals surface area contributed by atoms with E-state index in [2.05, 4.69) is 5.10 Å². The highest BCUT2D eigenvalue weighted by molar-refractivity contribution is 7.89. The van der Waals surface area contributed by atoms with E-state index in [4.69, 9.17) is 9.47 Å². The minimum atomic E-state index is -3.97. The van der Waals surface area contributed by atoms with Crippen LogP contribution in [0.2, 0.25) is 0 Å². The third-order valence-electron chi connectivity index (χ3n) is 6.43. The number of hydrogen-bond donors (Lipinski definition) is 0. The van der Waals surface area contributed by atoms with Crippen LogP contribution in [0.1, 0.15) is 37.6 Å². The number of carbonyl (C=O) groups excluding carboxylic acids is 1. The molecular weight excluding hydrogens is 533 g/mol. The molecule has 0 unspecified atom stereocenters. The summed E-state index contributed by atoms with van der Waals surface area (Å²) < 4.78 is 55.7. The third-order valence-corrected chi connectivity index (χ3v) is 8.16. The largest absolute Gasteiger partial charge is 0.492 e. The second kappa shape index (κ2) is 10.4. The molecule has 5 rings (SSSR count). The predicted molar refractivity (Wildman–Crippen MR) is 150 cm³/mol. The first-order valence-electron chi connectivity index (χ1n) is 12.8. The van der Waals surface area contributed by atoms with Gasteiger partial charge >= 0.3 is 5.97 Å². The fourth-order valence-corrected chi connectivity index (χ4v) is 6.22. The quantitative estimate of drug-likeness (QED) is 0.286. The van der Waals surface area contributed by atoms with Crippen LogP contribution >= 0.6 is 0 Å². The maximum Gasteiger partial charge on any atom is 0.326 e. The summed E-state index contributed by atoms with van der Waals surface area (Å²) in [6.45, 7) is 7.08. The number of halogens is 1. The Bertz CT molecular complexity index is 1720. The van der Waals surface area contributed by atoms with E-state index in [9.17, 15) is 17.6 Å². The van der Waals surface area contributed by atoms with Gasteiger partial charge in [0.05, 0.1) is 11.4 Å². The van der Waals surface area contributed by atoms with Crippen LogP contribution in [0, 0.1) is 12.7 Å². The zero-order chi connectivity index (χ0) is 28.7. The Morgan fingerprint density at radius 1 is 1.00 bits per heavy atom. The number of ether oxygens (including phenoxy) is 2. The molecule has 0 atom stereocenters. The van der Waals surface area contributed by atoms with Crippen LogP contribution < -0.4 is 4.74 Å². The minimum Gasteiger partial charge on any atom is -0.492 e. The molecule has 0 bridgehead atoms. The first kappa shape index (κ1) is 27.4. The average Bonchev–Trinajstić information content (AvgIpc) is 3.15. The number of rotatable bonds is 7. The number of aromatic nitrogens is 1. The topological polar surface area (TPSA) is 90.2 Å². The van der Waals surface area contributed by atoms with Gasteiger partial charge in [-0.3, -0.25) is 4.79 Å². The lowest BCUT2D eigenvalue weighted by Gasteiger charge is -2.27. The number of carbonyl (C=O) groups is 1. The molecule has 40 heavy (non-hydrogen) atoms. The number of sulfonamides is 1. The number of esters is 1. The van der Waals surface area contributed by atoms with Gasteiger partial charge in [-0.05, 0) is 64.1 Å². The van der Waals surface area contributed by atoms with Crippen molar-refractivity contribution in [2.75, 3.05) is 13.2 Å². The summed E-state index contributed by atoms with van der Waals surface area (Å²) in [6, 6.07) is 20.0. The average molecular weight is 564 g/mol. The van der Waals surface area contributed by atoms with Crippen LogP contribution in [0.15, 0.2) is 82.8 Å². The monoisotopic (exact) mass is 563 g/mol. The summed E-state index contributed by atoms with van der Waals surface area (Å²) in [4.78, 5) is 12.9. The van der Waals surface area contributed by atoms with Crippen LogP contribution in [-0.2, 0) is 26.1 Å². The van der Waals surface area contributed by atoms with E-state index >= 15 is 0 Å². The van der Waals surface area contributed by atoms with Gasteiger partial charge in [-0.2, -0.15) is 17.9 Å². The summed E-state index contributed by atoms with van der Waals surface area (Å²) in [5, 5.41) is 5.11. The predicted octanol–water partition coefficient (Wildman–Crippen LogP) is 5.27. The SMILES string of the molecule is Cc1c(C2=NN(CCOc3ccccc3)S(=O)(=O)c3ccccc32)c2cc(F)ccc2n1CC(=O)OC(C)(C)C. The molecule has 4 aromatic rings. The van der Waals surface area contributed by atoms with Gasteiger partial charge in [-0.15, -0.1) is 0 Å². The van der Waals surface area contributed by atoms with Crippen molar-refractivity contribution in [3.05, 3.63) is 95.4 Å². The maximum atomic E-state index is 14.6. The fourth-order valence-electron chi connectivity index (χ4n) is 4.79. The number of para-hydroxylation sites is 1. The van der Waals surface area contributed by atoms with Crippen LogP contribution in [-0.4, -0.2) is 47.8 Å². The lowest BCUT2D eigenvalue weighted by Crippen LogP contribution is -2.36. The molecule has 0 fully saturated rings. The van der Waals surface area contributed by atoms with E-state index in [-0.39, 0.29) is 24.6 Å². The molecule has 0 N–H and O–H groups in total. The van der Waals surface area contributed by atoms with Gasteiger partial charge in [0.25, 0.3) is 10.0 Å². The summed E-state index contributed by atoms with van der Waals surface area (Å²) in [5.74, 6) is -0.303. The highest BCUT2D eigenvalue weighted by Crippen LogP contribution is 2.35. The Morgan fingerprint density at radius 2 is 1.70 bits per heavy atom. The third kappa shape index (κ3) is 5.31.